The minimum Gasteiger partial charge on any atom is -0.461 e. The van der Waals surface area contributed by atoms with Gasteiger partial charge in [0.05, 0.1) is 16.7 Å². The molecule has 2 aliphatic carbocycles. The number of fused-ring (bicyclic) bond motifs is 1. The number of nitrogens with one attached hydrogen (secondary N) is 1. The molecule has 6 nitrogen and oxygen atoms in total. The van der Waals surface area contributed by atoms with Crippen LogP contribution in [-0.2, 0) is 23.9 Å². The lowest BCUT2D eigenvalue weighted by molar-refractivity contribution is -0.157. The third kappa shape index (κ3) is 2.81. The van der Waals surface area contributed by atoms with E-state index in [9.17, 15) is 14.4 Å². The van der Waals surface area contributed by atoms with Gasteiger partial charge in [0.15, 0.2) is 6.61 Å². The van der Waals surface area contributed by atoms with Crippen molar-refractivity contribution in [2.45, 2.75) is 24.3 Å². The topological polar surface area (TPSA) is 81.7 Å². The summed E-state index contributed by atoms with van der Waals surface area (Å²) in [5.41, 5.74) is 1.43. The Balaban J connectivity index is 1.36. The molecule has 1 amide bonds. The Labute approximate surface area is 163 Å². The van der Waals surface area contributed by atoms with E-state index in [-0.39, 0.29) is 28.7 Å². The maximum absolute atomic E-state index is 12.5. The van der Waals surface area contributed by atoms with Crippen LogP contribution in [0.1, 0.15) is 12.0 Å². The number of esters is 2. The quantitative estimate of drug-likeness (QED) is 0.573. The highest BCUT2D eigenvalue weighted by atomic mass is 79.9. The zero-order valence-corrected chi connectivity index (χ0v) is 16.2. The summed E-state index contributed by atoms with van der Waals surface area (Å²) in [7, 11) is 0. The van der Waals surface area contributed by atoms with Gasteiger partial charge in [-0.05, 0) is 37.0 Å². The van der Waals surface area contributed by atoms with Crippen LogP contribution in [0.25, 0.3) is 0 Å². The van der Waals surface area contributed by atoms with E-state index in [0.29, 0.717) is 10.7 Å². The Morgan fingerprint density at radius 1 is 1.38 bits per heavy atom. The highest BCUT2D eigenvalue weighted by Crippen LogP contribution is 2.60. The lowest BCUT2D eigenvalue weighted by Gasteiger charge is -2.26. The first-order valence-electron chi connectivity index (χ1n) is 8.44. The highest BCUT2D eigenvalue weighted by Gasteiger charge is 2.68. The lowest BCUT2D eigenvalue weighted by atomic mass is 9.80. The molecule has 1 heterocycles. The molecule has 0 aromatic heterocycles. The summed E-state index contributed by atoms with van der Waals surface area (Å²) >= 11 is 9.57. The smallest absolute Gasteiger partial charge is 0.310 e. The van der Waals surface area contributed by atoms with Gasteiger partial charge in [-0.15, -0.1) is 0 Å². The van der Waals surface area contributed by atoms with Gasteiger partial charge in [-0.1, -0.05) is 33.6 Å². The lowest BCUT2D eigenvalue weighted by Crippen LogP contribution is -2.39. The standard InChI is InChI=1S/C18H17BrClNO5/c1-7-2-3-8(4-11(7)20)21-12(22)6-25-17(23)13-9-5-10-14(13)18(24)26-16(10)15(9)19/h2-4,9-10,13-16H,5-6H2,1H3,(H,21,22)/t9-,10+,13-,14-,15+,16-/m0/s1. The largest absolute Gasteiger partial charge is 0.461 e. The van der Waals surface area contributed by atoms with E-state index in [1.165, 1.54) is 0 Å². The van der Waals surface area contributed by atoms with Crippen molar-refractivity contribution in [1.29, 1.82) is 0 Å². The molecule has 2 saturated carbocycles. The first-order chi connectivity index (χ1) is 12.4. The second-order valence-corrected chi connectivity index (χ2v) is 8.55. The van der Waals surface area contributed by atoms with Gasteiger partial charge in [-0.3, -0.25) is 14.4 Å². The minimum atomic E-state index is -0.544. The Hall–Kier alpha value is -1.60. The number of anilines is 1. The van der Waals surface area contributed by atoms with Crippen LogP contribution < -0.4 is 5.32 Å². The van der Waals surface area contributed by atoms with Crippen LogP contribution in [0.15, 0.2) is 18.2 Å². The monoisotopic (exact) mass is 441 g/mol. The van der Waals surface area contributed by atoms with Crippen LogP contribution in [0.4, 0.5) is 5.69 Å². The molecule has 1 saturated heterocycles. The number of benzene rings is 1. The van der Waals surface area contributed by atoms with Crippen LogP contribution in [0.2, 0.25) is 5.02 Å². The molecule has 3 fully saturated rings. The molecule has 6 atom stereocenters. The van der Waals surface area contributed by atoms with E-state index in [0.717, 1.165) is 12.0 Å². The summed E-state index contributed by atoms with van der Waals surface area (Å²) in [6, 6.07) is 5.15. The van der Waals surface area contributed by atoms with Crippen LogP contribution in [0, 0.1) is 30.6 Å². The number of hydrogen-bond acceptors (Lipinski definition) is 5. The van der Waals surface area contributed by atoms with Crippen molar-refractivity contribution in [3.05, 3.63) is 28.8 Å². The van der Waals surface area contributed by atoms with E-state index in [2.05, 4.69) is 21.2 Å². The van der Waals surface area contributed by atoms with Crippen LogP contribution in [0.3, 0.4) is 0 Å². The molecule has 138 valence electrons. The Kier molecular flexibility index (Phi) is 4.47. The molecule has 26 heavy (non-hydrogen) atoms. The normalized spacial score (nSPS) is 33.9. The molecule has 1 aromatic rings. The Bertz CT molecular complexity index is 800. The fraction of sp³-hybridized carbons (Fsp3) is 0.500. The number of alkyl halides is 1. The molecular weight excluding hydrogens is 426 g/mol. The first kappa shape index (κ1) is 17.8. The van der Waals surface area contributed by atoms with Gasteiger partial charge in [0, 0.05) is 16.6 Å². The maximum atomic E-state index is 12.5. The molecule has 1 aromatic carbocycles. The van der Waals surface area contributed by atoms with Crippen molar-refractivity contribution in [3.63, 3.8) is 0 Å². The van der Waals surface area contributed by atoms with E-state index in [4.69, 9.17) is 21.1 Å². The summed E-state index contributed by atoms with van der Waals surface area (Å²) < 4.78 is 10.6. The molecule has 0 spiro atoms. The van der Waals surface area contributed by atoms with Crippen molar-refractivity contribution in [2.24, 2.45) is 23.7 Å². The van der Waals surface area contributed by atoms with Gasteiger partial charge in [0.25, 0.3) is 5.91 Å². The number of rotatable bonds is 4. The van der Waals surface area contributed by atoms with Gasteiger partial charge in [-0.2, -0.15) is 0 Å². The average molecular weight is 443 g/mol. The van der Waals surface area contributed by atoms with Gasteiger partial charge in [-0.25, -0.2) is 0 Å². The molecule has 4 rings (SSSR count). The first-order valence-corrected chi connectivity index (χ1v) is 9.73. The average Bonchev–Trinajstić information content (AvgIpc) is 3.20. The molecule has 0 radical (unpaired) electrons. The van der Waals surface area contributed by atoms with E-state index < -0.39 is 30.3 Å². The molecule has 1 N–H and O–H groups in total. The molecule has 8 heteroatoms. The molecule has 1 aliphatic heterocycles. The fourth-order valence-corrected chi connectivity index (χ4v) is 5.62. The van der Waals surface area contributed by atoms with Crippen molar-refractivity contribution in [3.8, 4) is 0 Å². The SMILES string of the molecule is Cc1ccc(NC(=O)COC(=O)[C@H]2[C@@H]3C[C@H]4[C@H](OC(=O)[C@@H]42)[C@@H]3Br)cc1Cl. The number of aryl methyl sites for hydroxylation is 1. The second-order valence-electron chi connectivity index (χ2n) is 7.08. The predicted molar refractivity (Wildman–Crippen MR) is 96.9 cm³/mol. The maximum Gasteiger partial charge on any atom is 0.310 e. The third-order valence-electron chi connectivity index (χ3n) is 5.60. The van der Waals surface area contributed by atoms with Gasteiger partial charge in [0.2, 0.25) is 0 Å². The summed E-state index contributed by atoms with van der Waals surface area (Å²) in [4.78, 5) is 36.6. The molecule has 0 unspecified atom stereocenters. The van der Waals surface area contributed by atoms with Crippen molar-refractivity contribution >= 4 is 51.1 Å². The fourth-order valence-electron chi connectivity index (χ4n) is 4.39. The highest BCUT2D eigenvalue weighted by molar-refractivity contribution is 9.09. The van der Waals surface area contributed by atoms with Crippen molar-refractivity contribution < 1.29 is 23.9 Å². The number of amides is 1. The number of ether oxygens (including phenoxy) is 2. The van der Waals surface area contributed by atoms with Gasteiger partial charge < -0.3 is 14.8 Å². The van der Waals surface area contributed by atoms with Crippen molar-refractivity contribution in [2.75, 3.05) is 11.9 Å². The van der Waals surface area contributed by atoms with E-state index in [1.54, 1.807) is 18.2 Å². The zero-order chi connectivity index (χ0) is 18.6. The number of hydrogen-bond donors (Lipinski definition) is 1. The Morgan fingerprint density at radius 3 is 2.88 bits per heavy atom. The van der Waals surface area contributed by atoms with Crippen molar-refractivity contribution in [1.82, 2.24) is 0 Å². The summed E-state index contributed by atoms with van der Waals surface area (Å²) in [5.74, 6) is -2.21. The predicted octanol–water partition coefficient (Wildman–Crippen LogP) is 2.70. The summed E-state index contributed by atoms with van der Waals surface area (Å²) in [5, 5.41) is 3.18. The second kappa shape index (κ2) is 6.53. The third-order valence-corrected chi connectivity index (χ3v) is 7.20. The van der Waals surface area contributed by atoms with Crippen LogP contribution in [0.5, 0.6) is 0 Å². The number of carbonyl (C=O) groups is 3. The zero-order valence-electron chi connectivity index (χ0n) is 13.9. The van der Waals surface area contributed by atoms with Gasteiger partial charge in [0.1, 0.15) is 6.10 Å². The summed E-state index contributed by atoms with van der Waals surface area (Å²) in [6.45, 7) is 1.46. The number of halogens is 2. The number of carbonyl (C=O) groups excluding carboxylic acids is 3. The summed E-state index contributed by atoms with van der Waals surface area (Å²) in [6.07, 6.45) is 0.626. The molecule has 2 bridgehead atoms. The van der Waals surface area contributed by atoms with E-state index >= 15 is 0 Å². The molecule has 3 aliphatic rings. The van der Waals surface area contributed by atoms with E-state index in [1.807, 2.05) is 6.92 Å². The molecular formula is C18H17BrClNO5. The van der Waals surface area contributed by atoms with Crippen LogP contribution >= 0.6 is 27.5 Å². The Morgan fingerprint density at radius 2 is 2.15 bits per heavy atom. The minimum absolute atomic E-state index is 0.00733. The van der Waals surface area contributed by atoms with Gasteiger partial charge >= 0.3 is 11.9 Å². The van der Waals surface area contributed by atoms with Crippen LogP contribution in [-0.4, -0.2) is 35.4 Å².